The summed E-state index contributed by atoms with van der Waals surface area (Å²) < 4.78 is 22.0. The number of rotatable bonds is 3. The number of carbonyl (C=O) groups excluding carboxylic acids is 2. The van der Waals surface area contributed by atoms with E-state index in [-0.39, 0.29) is 41.4 Å². The van der Waals surface area contributed by atoms with Gasteiger partial charge < -0.3 is 39.4 Å². The van der Waals surface area contributed by atoms with E-state index < -0.39 is 48.9 Å². The first kappa shape index (κ1) is 20.0. The monoisotopic (exact) mass is 410 g/mol. The smallest absolute Gasteiger partial charge is 0.342 e. The van der Waals surface area contributed by atoms with E-state index in [1.807, 2.05) is 0 Å². The van der Waals surface area contributed by atoms with E-state index in [1.54, 1.807) is 13.8 Å². The summed E-state index contributed by atoms with van der Waals surface area (Å²) in [5, 5.41) is 39.4. The van der Waals surface area contributed by atoms with Crippen LogP contribution < -0.4 is 9.47 Å². The third kappa shape index (κ3) is 3.26. The van der Waals surface area contributed by atoms with Crippen LogP contribution in [0.4, 0.5) is 0 Å². The number of fused-ring (bicyclic) bond motifs is 3. The minimum atomic E-state index is -1.66. The number of aliphatic hydroxyl groups is 4. The van der Waals surface area contributed by atoms with Crippen LogP contribution in [-0.2, 0) is 16.1 Å². The summed E-state index contributed by atoms with van der Waals surface area (Å²) in [5.41, 5.74) is -0.168. The second-order valence-corrected chi connectivity index (χ2v) is 7.95. The Morgan fingerprint density at radius 2 is 1.86 bits per heavy atom. The quantitative estimate of drug-likeness (QED) is 0.470. The highest BCUT2D eigenvalue weighted by molar-refractivity contribution is 6.07. The van der Waals surface area contributed by atoms with Crippen LogP contribution in [0.3, 0.4) is 0 Å². The molecule has 1 aromatic carbocycles. The number of cyclic esters (lactones) is 1. The largest absolute Gasteiger partial charge is 0.486 e. The molecule has 158 valence electrons. The van der Waals surface area contributed by atoms with Gasteiger partial charge in [-0.25, -0.2) is 4.79 Å². The summed E-state index contributed by atoms with van der Waals surface area (Å²) in [4.78, 5) is 24.9. The maximum atomic E-state index is 12.6. The summed E-state index contributed by atoms with van der Waals surface area (Å²) in [5.74, 6) is -0.746. The molecule has 5 atom stereocenters. The molecular weight excluding hydrogens is 388 g/mol. The van der Waals surface area contributed by atoms with Gasteiger partial charge in [0.25, 0.3) is 0 Å². The van der Waals surface area contributed by atoms with E-state index in [1.165, 1.54) is 6.07 Å². The van der Waals surface area contributed by atoms with Crippen molar-refractivity contribution < 1.29 is 49.0 Å². The molecule has 3 aliphatic rings. The molecule has 0 saturated carbocycles. The zero-order valence-corrected chi connectivity index (χ0v) is 15.8. The SMILES string of the molecule is CC1(C)CC(=O)c2c(cc(OC3OC(CO)C(O)C(O)C3O)c3c2COC3=O)O1. The van der Waals surface area contributed by atoms with Crippen molar-refractivity contribution in [3.8, 4) is 11.5 Å². The molecule has 0 amide bonds. The molecule has 0 spiro atoms. The Hall–Kier alpha value is -2.24. The number of esters is 1. The molecule has 3 aliphatic heterocycles. The van der Waals surface area contributed by atoms with Crippen molar-refractivity contribution in [2.24, 2.45) is 0 Å². The predicted octanol–water partition coefficient (Wildman–Crippen LogP) is -0.721. The summed E-state index contributed by atoms with van der Waals surface area (Å²) >= 11 is 0. The predicted molar refractivity (Wildman–Crippen MR) is 93.6 cm³/mol. The first-order valence-electron chi connectivity index (χ1n) is 9.19. The lowest BCUT2D eigenvalue weighted by atomic mass is 9.88. The van der Waals surface area contributed by atoms with Crippen LogP contribution in [0.5, 0.6) is 11.5 Å². The van der Waals surface area contributed by atoms with Gasteiger partial charge in [-0.3, -0.25) is 4.79 Å². The lowest BCUT2D eigenvalue weighted by Gasteiger charge is -2.40. The fraction of sp³-hybridized carbons (Fsp3) is 0.579. The first-order chi connectivity index (χ1) is 13.6. The highest BCUT2D eigenvalue weighted by Gasteiger charge is 2.46. The van der Waals surface area contributed by atoms with E-state index in [0.717, 1.165) is 0 Å². The highest BCUT2D eigenvalue weighted by Crippen LogP contribution is 2.44. The van der Waals surface area contributed by atoms with Crippen LogP contribution in [0, 0.1) is 0 Å². The molecule has 4 rings (SSSR count). The van der Waals surface area contributed by atoms with Crippen molar-refractivity contribution in [3.05, 3.63) is 22.8 Å². The zero-order chi connectivity index (χ0) is 21.1. The third-order valence-electron chi connectivity index (χ3n) is 5.25. The molecule has 4 N–H and O–H groups in total. The number of ether oxygens (including phenoxy) is 4. The van der Waals surface area contributed by atoms with Gasteiger partial charge in [0.15, 0.2) is 5.78 Å². The van der Waals surface area contributed by atoms with Gasteiger partial charge in [-0.05, 0) is 13.8 Å². The molecule has 5 unspecified atom stereocenters. The molecule has 1 fully saturated rings. The number of Topliss-reactive ketones (excluding diaryl/α,β-unsaturated/α-hetero) is 1. The molecule has 3 heterocycles. The Morgan fingerprint density at radius 1 is 1.14 bits per heavy atom. The van der Waals surface area contributed by atoms with Crippen LogP contribution in [-0.4, -0.2) is 75.1 Å². The topological polar surface area (TPSA) is 152 Å². The second-order valence-electron chi connectivity index (χ2n) is 7.95. The van der Waals surface area contributed by atoms with Gasteiger partial charge in [-0.1, -0.05) is 0 Å². The van der Waals surface area contributed by atoms with Crippen molar-refractivity contribution in [2.45, 2.75) is 63.2 Å². The minimum absolute atomic E-state index is 0.0115. The van der Waals surface area contributed by atoms with Crippen molar-refractivity contribution in [1.29, 1.82) is 0 Å². The zero-order valence-electron chi connectivity index (χ0n) is 15.8. The maximum absolute atomic E-state index is 12.6. The highest BCUT2D eigenvalue weighted by atomic mass is 16.7. The van der Waals surface area contributed by atoms with E-state index >= 15 is 0 Å². The third-order valence-corrected chi connectivity index (χ3v) is 5.25. The molecule has 0 bridgehead atoms. The minimum Gasteiger partial charge on any atom is -0.486 e. The van der Waals surface area contributed by atoms with Crippen LogP contribution in [0.15, 0.2) is 6.07 Å². The van der Waals surface area contributed by atoms with Crippen molar-refractivity contribution in [2.75, 3.05) is 6.61 Å². The van der Waals surface area contributed by atoms with E-state index in [2.05, 4.69) is 0 Å². The van der Waals surface area contributed by atoms with Gasteiger partial charge in [0.2, 0.25) is 6.29 Å². The van der Waals surface area contributed by atoms with Gasteiger partial charge in [-0.15, -0.1) is 0 Å². The maximum Gasteiger partial charge on any atom is 0.342 e. The average Bonchev–Trinajstić information content (AvgIpc) is 3.02. The molecule has 29 heavy (non-hydrogen) atoms. The molecular formula is C19H22O10. The Balaban J connectivity index is 1.74. The van der Waals surface area contributed by atoms with Crippen LogP contribution in [0.25, 0.3) is 0 Å². The standard InChI is InChI=1S/C19H22O10/c1-19(2)4-8(21)12-7-6-26-17(25)13(7)9(3-10(12)29-19)27-18-16(24)15(23)14(22)11(5-20)28-18/h3,11,14-16,18,20,22-24H,4-6H2,1-2H3. The van der Waals surface area contributed by atoms with Gasteiger partial charge in [-0.2, -0.15) is 0 Å². The Kier molecular flexibility index (Phi) is 4.79. The van der Waals surface area contributed by atoms with Crippen molar-refractivity contribution in [1.82, 2.24) is 0 Å². The fourth-order valence-electron chi connectivity index (χ4n) is 3.84. The lowest BCUT2D eigenvalue weighted by Crippen LogP contribution is -2.60. The van der Waals surface area contributed by atoms with Gasteiger partial charge >= 0.3 is 5.97 Å². The van der Waals surface area contributed by atoms with E-state index in [9.17, 15) is 30.0 Å². The number of carbonyl (C=O) groups is 2. The number of aliphatic hydroxyl groups excluding tert-OH is 4. The Morgan fingerprint density at radius 3 is 2.55 bits per heavy atom. The molecule has 0 aromatic heterocycles. The van der Waals surface area contributed by atoms with Gasteiger partial charge in [0, 0.05) is 11.6 Å². The Bertz CT molecular complexity index is 861. The number of hydrogen-bond donors (Lipinski definition) is 4. The van der Waals surface area contributed by atoms with Crippen LogP contribution in [0.1, 0.15) is 46.5 Å². The molecule has 1 saturated heterocycles. The van der Waals surface area contributed by atoms with Crippen LogP contribution in [0.2, 0.25) is 0 Å². The first-order valence-corrected chi connectivity index (χ1v) is 9.19. The molecule has 0 radical (unpaired) electrons. The normalized spacial score (nSPS) is 32.8. The van der Waals surface area contributed by atoms with Crippen molar-refractivity contribution in [3.63, 3.8) is 0 Å². The van der Waals surface area contributed by atoms with E-state index in [4.69, 9.17) is 18.9 Å². The number of ketones is 1. The average molecular weight is 410 g/mol. The molecule has 10 heteroatoms. The molecule has 10 nitrogen and oxygen atoms in total. The van der Waals surface area contributed by atoms with Gasteiger partial charge in [0.1, 0.15) is 53.7 Å². The molecule has 1 aromatic rings. The lowest BCUT2D eigenvalue weighted by molar-refractivity contribution is -0.277. The summed E-state index contributed by atoms with van der Waals surface area (Å²) in [6.07, 6.45) is -7.37. The second kappa shape index (κ2) is 6.92. The Labute approximate surface area is 165 Å². The van der Waals surface area contributed by atoms with Crippen molar-refractivity contribution >= 4 is 11.8 Å². The fourth-order valence-corrected chi connectivity index (χ4v) is 3.84. The van der Waals surface area contributed by atoms with Gasteiger partial charge in [0.05, 0.1) is 18.6 Å². The number of hydrogen-bond acceptors (Lipinski definition) is 10. The summed E-state index contributed by atoms with van der Waals surface area (Å²) in [7, 11) is 0. The summed E-state index contributed by atoms with van der Waals surface area (Å²) in [6, 6.07) is 1.35. The summed E-state index contributed by atoms with van der Waals surface area (Å²) in [6.45, 7) is 2.75. The van der Waals surface area contributed by atoms with Crippen LogP contribution >= 0.6 is 0 Å². The molecule has 0 aliphatic carbocycles. The van der Waals surface area contributed by atoms with E-state index in [0.29, 0.717) is 5.56 Å². The number of benzene rings is 1.